The zero-order chi connectivity index (χ0) is 30.9. The maximum absolute atomic E-state index is 13.5. The van der Waals surface area contributed by atoms with Crippen molar-refractivity contribution in [3.05, 3.63) is 51.5 Å². The van der Waals surface area contributed by atoms with E-state index >= 15 is 0 Å². The molecule has 1 aromatic carbocycles. The van der Waals surface area contributed by atoms with E-state index in [1.165, 1.54) is 18.3 Å². The molecule has 2 aromatic rings. The summed E-state index contributed by atoms with van der Waals surface area (Å²) in [5.41, 5.74) is 1.34. The van der Waals surface area contributed by atoms with Crippen molar-refractivity contribution in [2.24, 2.45) is 17.8 Å². The third-order valence-corrected chi connectivity index (χ3v) is 8.37. The summed E-state index contributed by atoms with van der Waals surface area (Å²) in [7, 11) is 1.79. The van der Waals surface area contributed by atoms with Crippen LogP contribution >= 0.6 is 11.3 Å². The maximum Gasteiger partial charge on any atom is 0.303 e. The topological polar surface area (TPSA) is 106 Å². The van der Waals surface area contributed by atoms with Crippen LogP contribution in [0.5, 0.6) is 0 Å². The van der Waals surface area contributed by atoms with Crippen LogP contribution in [0.25, 0.3) is 0 Å². The van der Waals surface area contributed by atoms with E-state index in [0.29, 0.717) is 35.6 Å². The number of thiazole rings is 1. The Morgan fingerprint density at radius 1 is 1.00 bits per heavy atom. The normalized spacial score (nSPS) is 14.3. The Morgan fingerprint density at radius 3 is 2.17 bits per heavy atom. The molecule has 0 saturated carbocycles. The standard InChI is InChI=1S/C32H47N3O5S/c1-19(2)15-29(38)35(9)27(20(3)4)18-28(40-24(8)37)32-34-30(23(7)41-32)31(39)33-26(16-21(5)22(6)36)17-25-13-11-10-12-14-25/h10-14,19-21,26-28H,15-18H2,1-9H3,(H,33,39). The van der Waals surface area contributed by atoms with E-state index in [0.717, 1.165) is 5.56 Å². The van der Waals surface area contributed by atoms with E-state index in [1.807, 2.05) is 71.9 Å². The van der Waals surface area contributed by atoms with Crippen molar-refractivity contribution in [3.63, 3.8) is 0 Å². The predicted octanol–water partition coefficient (Wildman–Crippen LogP) is 5.93. The highest BCUT2D eigenvalue weighted by atomic mass is 32.1. The summed E-state index contributed by atoms with van der Waals surface area (Å²) in [4.78, 5) is 57.6. The average Bonchev–Trinajstić information content (AvgIpc) is 3.27. The lowest BCUT2D eigenvalue weighted by Crippen LogP contribution is -2.42. The van der Waals surface area contributed by atoms with Crippen molar-refractivity contribution >= 4 is 34.9 Å². The van der Waals surface area contributed by atoms with Crippen molar-refractivity contribution in [1.82, 2.24) is 15.2 Å². The molecule has 2 amide bonds. The zero-order valence-corrected chi connectivity index (χ0v) is 26.8. The van der Waals surface area contributed by atoms with Crippen LogP contribution in [-0.2, 0) is 25.5 Å². The molecule has 0 saturated heterocycles. The predicted molar refractivity (Wildman–Crippen MR) is 163 cm³/mol. The third kappa shape index (κ3) is 10.7. The average molecular weight is 586 g/mol. The lowest BCUT2D eigenvalue weighted by molar-refractivity contribution is -0.148. The van der Waals surface area contributed by atoms with Crippen molar-refractivity contribution in [2.75, 3.05) is 7.05 Å². The molecule has 1 aromatic heterocycles. The van der Waals surface area contributed by atoms with Crippen LogP contribution in [0.1, 0.15) is 99.8 Å². The van der Waals surface area contributed by atoms with Gasteiger partial charge in [0.2, 0.25) is 5.91 Å². The number of carbonyl (C=O) groups is 4. The van der Waals surface area contributed by atoms with Gasteiger partial charge in [0.05, 0.1) is 0 Å². The van der Waals surface area contributed by atoms with Crippen molar-refractivity contribution in [2.45, 2.75) is 99.3 Å². The Morgan fingerprint density at radius 2 is 1.63 bits per heavy atom. The van der Waals surface area contributed by atoms with E-state index in [9.17, 15) is 19.2 Å². The van der Waals surface area contributed by atoms with Gasteiger partial charge in [-0.25, -0.2) is 4.98 Å². The van der Waals surface area contributed by atoms with E-state index in [4.69, 9.17) is 4.74 Å². The number of hydrogen-bond acceptors (Lipinski definition) is 7. The van der Waals surface area contributed by atoms with E-state index in [-0.39, 0.29) is 53.1 Å². The highest BCUT2D eigenvalue weighted by Gasteiger charge is 2.32. The fraction of sp³-hybridized carbons (Fsp3) is 0.594. The van der Waals surface area contributed by atoms with Gasteiger partial charge in [0.15, 0.2) is 6.10 Å². The number of aryl methyl sites for hydroxylation is 1. The van der Waals surface area contributed by atoms with Crippen LogP contribution in [0.2, 0.25) is 0 Å². The molecular formula is C32H47N3O5S. The molecule has 4 unspecified atom stereocenters. The number of ether oxygens (including phenoxy) is 1. The van der Waals surface area contributed by atoms with Gasteiger partial charge >= 0.3 is 5.97 Å². The van der Waals surface area contributed by atoms with Gasteiger partial charge in [0, 0.05) is 49.7 Å². The number of carbonyl (C=O) groups excluding carboxylic acids is 4. The van der Waals surface area contributed by atoms with Gasteiger partial charge in [-0.15, -0.1) is 11.3 Å². The van der Waals surface area contributed by atoms with Crippen molar-refractivity contribution in [3.8, 4) is 0 Å². The number of nitrogens with zero attached hydrogens (tertiary/aromatic N) is 2. The fourth-order valence-electron chi connectivity index (χ4n) is 4.88. The number of rotatable bonds is 15. The highest BCUT2D eigenvalue weighted by molar-refractivity contribution is 7.12. The Bertz CT molecular complexity index is 1180. The smallest absolute Gasteiger partial charge is 0.303 e. The van der Waals surface area contributed by atoms with E-state index in [2.05, 4.69) is 10.3 Å². The minimum absolute atomic E-state index is 0.0416. The molecule has 8 nitrogen and oxygen atoms in total. The molecular weight excluding hydrogens is 538 g/mol. The van der Waals surface area contributed by atoms with Crippen LogP contribution in [-0.4, -0.2) is 52.6 Å². The Kier molecular flexibility index (Phi) is 13.2. The number of ketones is 1. The number of amides is 2. The molecule has 1 heterocycles. The maximum atomic E-state index is 13.5. The van der Waals surface area contributed by atoms with Gasteiger partial charge in [0.1, 0.15) is 16.5 Å². The fourth-order valence-corrected chi connectivity index (χ4v) is 5.84. The summed E-state index contributed by atoms with van der Waals surface area (Å²) in [5.74, 6) is -0.520. The number of hydrogen-bond donors (Lipinski definition) is 1. The summed E-state index contributed by atoms with van der Waals surface area (Å²) in [6.45, 7) is 14.7. The van der Waals surface area contributed by atoms with Crippen LogP contribution in [0.15, 0.2) is 30.3 Å². The zero-order valence-electron chi connectivity index (χ0n) is 26.0. The molecule has 9 heteroatoms. The molecule has 0 bridgehead atoms. The minimum atomic E-state index is -0.697. The minimum Gasteiger partial charge on any atom is -0.455 e. The molecule has 2 rings (SSSR count). The van der Waals surface area contributed by atoms with Crippen LogP contribution in [0, 0.1) is 24.7 Å². The number of Topliss-reactive ketones (excluding diaryl/α,β-unsaturated/α-hetero) is 1. The van der Waals surface area contributed by atoms with Crippen LogP contribution in [0.4, 0.5) is 0 Å². The molecule has 0 radical (unpaired) electrons. The number of aromatic nitrogens is 1. The van der Waals surface area contributed by atoms with E-state index < -0.39 is 12.1 Å². The van der Waals surface area contributed by atoms with Gasteiger partial charge in [-0.3, -0.25) is 19.2 Å². The second kappa shape index (κ2) is 15.8. The molecule has 1 N–H and O–H groups in total. The summed E-state index contributed by atoms with van der Waals surface area (Å²) in [6.07, 6.45) is 1.21. The Balaban J connectivity index is 2.32. The van der Waals surface area contributed by atoms with Gasteiger partial charge < -0.3 is 15.0 Å². The summed E-state index contributed by atoms with van der Waals surface area (Å²) in [6, 6.07) is 9.40. The molecule has 0 aliphatic carbocycles. The first-order chi connectivity index (χ1) is 19.2. The van der Waals surface area contributed by atoms with Crippen LogP contribution < -0.4 is 5.32 Å². The highest BCUT2D eigenvalue weighted by Crippen LogP contribution is 2.32. The lowest BCUT2D eigenvalue weighted by Gasteiger charge is -2.34. The molecule has 0 aliphatic heterocycles. The largest absolute Gasteiger partial charge is 0.455 e. The first-order valence-corrected chi connectivity index (χ1v) is 15.3. The Labute approximate surface area is 249 Å². The summed E-state index contributed by atoms with van der Waals surface area (Å²) < 4.78 is 5.72. The first kappa shape index (κ1) is 34.1. The van der Waals surface area contributed by atoms with Gasteiger partial charge in [-0.1, -0.05) is 65.0 Å². The summed E-state index contributed by atoms with van der Waals surface area (Å²) in [5, 5.41) is 3.63. The number of nitrogens with one attached hydrogen (secondary N) is 1. The molecule has 226 valence electrons. The van der Waals surface area contributed by atoms with Crippen LogP contribution in [0.3, 0.4) is 0 Å². The molecule has 0 spiro atoms. The van der Waals surface area contributed by atoms with E-state index in [1.54, 1.807) is 18.9 Å². The third-order valence-electron chi connectivity index (χ3n) is 7.30. The lowest BCUT2D eigenvalue weighted by atomic mass is 9.93. The molecule has 41 heavy (non-hydrogen) atoms. The second-order valence-corrected chi connectivity index (χ2v) is 13.0. The number of benzene rings is 1. The summed E-state index contributed by atoms with van der Waals surface area (Å²) >= 11 is 1.32. The first-order valence-electron chi connectivity index (χ1n) is 14.4. The van der Waals surface area contributed by atoms with Crippen molar-refractivity contribution < 1.29 is 23.9 Å². The SMILES string of the molecule is CC(=O)OC(CC(C(C)C)N(C)C(=O)CC(C)C)c1nc(C(=O)NC(Cc2ccccc2)CC(C)C(C)=O)c(C)s1. The molecule has 4 atom stereocenters. The Hall–Kier alpha value is -3.07. The second-order valence-electron chi connectivity index (χ2n) is 11.8. The number of esters is 1. The molecule has 0 fully saturated rings. The monoisotopic (exact) mass is 585 g/mol. The van der Waals surface area contributed by atoms with Gasteiger partial charge in [0.25, 0.3) is 5.91 Å². The quantitative estimate of drug-likeness (QED) is 0.260. The molecule has 0 aliphatic rings. The van der Waals surface area contributed by atoms with Gasteiger partial charge in [-0.2, -0.15) is 0 Å². The van der Waals surface area contributed by atoms with Crippen molar-refractivity contribution in [1.29, 1.82) is 0 Å². The van der Waals surface area contributed by atoms with Gasteiger partial charge in [-0.05, 0) is 44.1 Å².